The van der Waals surface area contributed by atoms with Gasteiger partial charge in [0.25, 0.3) is 5.91 Å². The predicted molar refractivity (Wildman–Crippen MR) is 102 cm³/mol. The Kier molecular flexibility index (Phi) is 14.0. The van der Waals surface area contributed by atoms with Gasteiger partial charge in [0.15, 0.2) is 6.61 Å². The Balaban J connectivity index is 4.28. The first kappa shape index (κ1) is 23.2. The van der Waals surface area contributed by atoms with Crippen LogP contribution in [-0.2, 0) is 19.1 Å². The van der Waals surface area contributed by atoms with E-state index in [9.17, 15) is 9.90 Å². The fraction of sp³-hybridized carbons (Fsp3) is 0.250. The summed E-state index contributed by atoms with van der Waals surface area (Å²) < 4.78 is 10.7. The van der Waals surface area contributed by atoms with Gasteiger partial charge in [0.05, 0.1) is 0 Å². The van der Waals surface area contributed by atoms with E-state index in [4.69, 9.17) is 14.3 Å². The maximum atomic E-state index is 11.7. The minimum Gasteiger partial charge on any atom is -0.488 e. The monoisotopic (exact) mass is 361 g/mol. The standard InChI is InChI=1S/C20H27NO5/c1-5-9-13-17(11-7-3)24-15-19(22)21-26-20(23)16-25-18(12-8-4)14-10-6-2/h5-14,20,23H,1,3,15-16H2,2,4H3,(H,21,22)/b10-6-,12-8-,13-9-,17-11+,18-14+. The van der Waals surface area contributed by atoms with Crippen molar-refractivity contribution in [3.8, 4) is 0 Å². The van der Waals surface area contributed by atoms with Gasteiger partial charge in [-0.15, -0.1) is 0 Å². The van der Waals surface area contributed by atoms with Crippen LogP contribution in [0.3, 0.4) is 0 Å². The summed E-state index contributed by atoms with van der Waals surface area (Å²) in [5.41, 5.74) is 2.09. The fourth-order valence-electron chi connectivity index (χ4n) is 1.45. The summed E-state index contributed by atoms with van der Waals surface area (Å²) in [4.78, 5) is 16.5. The van der Waals surface area contributed by atoms with Crippen LogP contribution in [0.15, 0.2) is 85.4 Å². The Morgan fingerprint density at radius 3 is 2.38 bits per heavy atom. The Bertz CT molecular complexity index is 585. The molecule has 6 heteroatoms. The molecule has 0 aromatic carbocycles. The van der Waals surface area contributed by atoms with E-state index < -0.39 is 12.2 Å². The van der Waals surface area contributed by atoms with Crippen LogP contribution in [0.25, 0.3) is 0 Å². The molecule has 1 atom stereocenters. The summed E-state index contributed by atoms with van der Waals surface area (Å²) in [6.45, 7) is 10.4. The number of hydrogen-bond donors (Lipinski definition) is 2. The van der Waals surface area contributed by atoms with Gasteiger partial charge in [-0.3, -0.25) is 4.79 Å². The van der Waals surface area contributed by atoms with E-state index in [0.717, 1.165) is 0 Å². The number of nitrogens with one attached hydrogen (secondary N) is 1. The van der Waals surface area contributed by atoms with Gasteiger partial charge in [0.2, 0.25) is 6.29 Å². The highest BCUT2D eigenvalue weighted by Crippen LogP contribution is 2.03. The van der Waals surface area contributed by atoms with Crippen LogP contribution in [0.4, 0.5) is 0 Å². The van der Waals surface area contributed by atoms with Gasteiger partial charge in [-0.1, -0.05) is 49.6 Å². The number of aliphatic hydroxyl groups is 1. The van der Waals surface area contributed by atoms with Crippen LogP contribution in [0.1, 0.15) is 13.8 Å². The molecule has 0 aliphatic carbocycles. The molecule has 0 saturated carbocycles. The zero-order valence-corrected chi connectivity index (χ0v) is 15.3. The lowest BCUT2D eigenvalue weighted by atomic mass is 10.3. The van der Waals surface area contributed by atoms with Crippen LogP contribution < -0.4 is 5.48 Å². The second-order valence-electron chi connectivity index (χ2n) is 4.69. The lowest BCUT2D eigenvalue weighted by Crippen LogP contribution is -2.34. The van der Waals surface area contributed by atoms with Gasteiger partial charge in [-0.05, 0) is 38.2 Å². The molecule has 26 heavy (non-hydrogen) atoms. The van der Waals surface area contributed by atoms with Crippen molar-refractivity contribution in [1.29, 1.82) is 0 Å². The second kappa shape index (κ2) is 15.7. The third-order valence-electron chi connectivity index (χ3n) is 2.53. The highest BCUT2D eigenvalue weighted by molar-refractivity contribution is 5.76. The fourth-order valence-corrected chi connectivity index (χ4v) is 1.45. The van der Waals surface area contributed by atoms with Gasteiger partial charge < -0.3 is 14.6 Å². The van der Waals surface area contributed by atoms with E-state index in [-0.39, 0.29) is 13.2 Å². The van der Waals surface area contributed by atoms with Crippen molar-refractivity contribution in [2.24, 2.45) is 0 Å². The summed E-state index contributed by atoms with van der Waals surface area (Å²) in [5.74, 6) is 0.421. The molecule has 0 radical (unpaired) electrons. The summed E-state index contributed by atoms with van der Waals surface area (Å²) in [6.07, 6.45) is 15.6. The van der Waals surface area contributed by atoms with Gasteiger partial charge in [-0.25, -0.2) is 10.3 Å². The van der Waals surface area contributed by atoms with Crippen molar-refractivity contribution in [3.05, 3.63) is 85.4 Å². The zero-order chi connectivity index (χ0) is 19.6. The molecule has 0 fully saturated rings. The number of carbonyl (C=O) groups excluding carboxylic acids is 1. The van der Waals surface area contributed by atoms with Crippen LogP contribution in [-0.4, -0.2) is 30.5 Å². The average Bonchev–Trinajstić information content (AvgIpc) is 2.64. The molecule has 0 rings (SSSR count). The smallest absolute Gasteiger partial charge is 0.281 e. The van der Waals surface area contributed by atoms with E-state index in [1.165, 1.54) is 6.08 Å². The molecule has 0 aliphatic heterocycles. The van der Waals surface area contributed by atoms with Crippen molar-refractivity contribution in [1.82, 2.24) is 5.48 Å². The molecule has 2 N–H and O–H groups in total. The number of rotatable bonds is 13. The molecule has 0 aromatic heterocycles. The van der Waals surface area contributed by atoms with Crippen molar-refractivity contribution >= 4 is 5.91 Å². The van der Waals surface area contributed by atoms with E-state index in [2.05, 4.69) is 18.6 Å². The minimum atomic E-state index is -1.33. The van der Waals surface area contributed by atoms with Crippen LogP contribution in [0, 0.1) is 0 Å². The number of hydrogen-bond acceptors (Lipinski definition) is 5. The van der Waals surface area contributed by atoms with Crippen molar-refractivity contribution < 1.29 is 24.2 Å². The Hall–Kier alpha value is -2.83. The third-order valence-corrected chi connectivity index (χ3v) is 2.53. The van der Waals surface area contributed by atoms with Crippen LogP contribution in [0.5, 0.6) is 0 Å². The maximum absolute atomic E-state index is 11.7. The maximum Gasteiger partial charge on any atom is 0.281 e. The number of aliphatic hydroxyl groups excluding tert-OH is 1. The normalized spacial score (nSPS) is 14.0. The molecule has 0 spiro atoms. The van der Waals surface area contributed by atoms with E-state index in [0.29, 0.717) is 11.5 Å². The van der Waals surface area contributed by atoms with Crippen LogP contribution >= 0.6 is 0 Å². The molecule has 0 saturated heterocycles. The van der Waals surface area contributed by atoms with Gasteiger partial charge in [-0.2, -0.15) is 0 Å². The first-order valence-electron chi connectivity index (χ1n) is 8.03. The lowest BCUT2D eigenvalue weighted by molar-refractivity contribution is -0.181. The third kappa shape index (κ3) is 12.6. The Morgan fingerprint density at radius 1 is 1.04 bits per heavy atom. The topological polar surface area (TPSA) is 77.0 Å². The van der Waals surface area contributed by atoms with E-state index >= 15 is 0 Å². The molecule has 1 amide bonds. The molecule has 142 valence electrons. The highest BCUT2D eigenvalue weighted by Gasteiger charge is 2.09. The highest BCUT2D eigenvalue weighted by atomic mass is 16.7. The molecule has 0 heterocycles. The first-order chi connectivity index (χ1) is 12.6. The summed E-state index contributed by atoms with van der Waals surface area (Å²) >= 11 is 0. The van der Waals surface area contributed by atoms with Gasteiger partial charge in [0, 0.05) is 0 Å². The molecule has 0 bridgehead atoms. The number of ether oxygens (including phenoxy) is 2. The van der Waals surface area contributed by atoms with Crippen molar-refractivity contribution in [2.45, 2.75) is 20.1 Å². The van der Waals surface area contributed by atoms with Crippen molar-refractivity contribution in [3.63, 3.8) is 0 Å². The minimum absolute atomic E-state index is 0.154. The molecular formula is C20H27NO5. The predicted octanol–water partition coefficient (Wildman–Crippen LogP) is 3.23. The van der Waals surface area contributed by atoms with E-state index in [1.807, 2.05) is 19.9 Å². The number of hydroxylamine groups is 1. The lowest BCUT2D eigenvalue weighted by Gasteiger charge is -2.14. The zero-order valence-electron chi connectivity index (χ0n) is 15.3. The van der Waals surface area contributed by atoms with E-state index in [1.54, 1.807) is 48.6 Å². The second-order valence-corrected chi connectivity index (χ2v) is 4.69. The van der Waals surface area contributed by atoms with Crippen molar-refractivity contribution in [2.75, 3.05) is 13.2 Å². The molecule has 1 unspecified atom stereocenters. The first-order valence-corrected chi connectivity index (χ1v) is 8.03. The summed E-state index contributed by atoms with van der Waals surface area (Å²) in [6, 6.07) is 0. The summed E-state index contributed by atoms with van der Waals surface area (Å²) in [5, 5.41) is 9.70. The summed E-state index contributed by atoms with van der Waals surface area (Å²) in [7, 11) is 0. The number of amides is 1. The molecule has 0 aromatic rings. The Morgan fingerprint density at radius 2 is 1.77 bits per heavy atom. The van der Waals surface area contributed by atoms with Gasteiger partial charge in [0.1, 0.15) is 18.1 Å². The quantitative estimate of drug-likeness (QED) is 0.228. The van der Waals surface area contributed by atoms with Crippen LogP contribution in [0.2, 0.25) is 0 Å². The number of allylic oxidation sites excluding steroid dienone is 10. The number of carbonyl (C=O) groups is 1. The molecule has 0 aliphatic rings. The SMILES string of the molecule is C=C/C=C\C(=C/C=C)OCC(=O)NOC(O)COC(/C=C\C)=C/C=C\C. The Labute approximate surface area is 155 Å². The molecule has 6 nitrogen and oxygen atoms in total. The average molecular weight is 361 g/mol. The largest absolute Gasteiger partial charge is 0.488 e. The molecular weight excluding hydrogens is 334 g/mol. The van der Waals surface area contributed by atoms with Gasteiger partial charge >= 0.3 is 0 Å².